The summed E-state index contributed by atoms with van der Waals surface area (Å²) < 4.78 is 69.3. The Hall–Kier alpha value is -3.28. The number of hydrogen-bond donors (Lipinski definition) is 3. The predicted octanol–water partition coefficient (Wildman–Crippen LogP) is 2.89. The highest BCUT2D eigenvalue weighted by molar-refractivity contribution is 7.46. The molecule has 0 aliphatic rings. The van der Waals surface area contributed by atoms with Gasteiger partial charge in [0, 0.05) is 6.20 Å². The molecular weight excluding hydrogens is 459 g/mol. The van der Waals surface area contributed by atoms with Gasteiger partial charge in [-0.1, -0.05) is 0 Å². The van der Waals surface area contributed by atoms with Crippen LogP contribution in [0.1, 0.15) is 32.7 Å². The standard InChI is InChI=1S/C18H15F4N4O5P/c1-9-15(16(23)27)17(31-32(28,29)30)26(25-9)14-7-10(2-3-24-14)4-11-5-12(18(20,21)22)8-13(19)6-11/h2-3,5-8H,4H2,1H3,(H2,23,27)(H2,28,29,30). The number of nitrogens with two attached hydrogens (primary N) is 1. The third-order valence-corrected chi connectivity index (χ3v) is 4.60. The van der Waals surface area contributed by atoms with Crippen molar-refractivity contribution < 1.29 is 41.2 Å². The molecule has 3 rings (SSSR count). The lowest BCUT2D eigenvalue weighted by atomic mass is 10.0. The van der Waals surface area contributed by atoms with Crippen LogP contribution >= 0.6 is 7.82 Å². The molecule has 0 atom stereocenters. The zero-order chi connectivity index (χ0) is 23.8. The highest BCUT2D eigenvalue weighted by Gasteiger charge is 2.31. The number of aromatic nitrogens is 3. The van der Waals surface area contributed by atoms with Crippen LogP contribution in [0.15, 0.2) is 36.5 Å². The van der Waals surface area contributed by atoms with Gasteiger partial charge in [-0.3, -0.25) is 14.6 Å². The molecule has 9 nitrogen and oxygen atoms in total. The Labute approximate surface area is 177 Å². The van der Waals surface area contributed by atoms with Crippen LogP contribution in [0.2, 0.25) is 0 Å². The van der Waals surface area contributed by atoms with Crippen molar-refractivity contribution in [2.75, 3.05) is 0 Å². The third-order valence-electron chi connectivity index (χ3n) is 4.19. The van der Waals surface area contributed by atoms with Crippen LogP contribution in [0.3, 0.4) is 0 Å². The Bertz CT molecular complexity index is 1240. The van der Waals surface area contributed by atoms with Gasteiger partial charge in [0.15, 0.2) is 5.82 Å². The van der Waals surface area contributed by atoms with Crippen LogP contribution in [0.25, 0.3) is 5.82 Å². The zero-order valence-corrected chi connectivity index (χ0v) is 17.1. The molecule has 1 amide bonds. The van der Waals surface area contributed by atoms with Gasteiger partial charge in [-0.2, -0.15) is 23.0 Å². The molecule has 0 aliphatic carbocycles. The maximum Gasteiger partial charge on any atom is 0.526 e. The van der Waals surface area contributed by atoms with Crippen LogP contribution in [0, 0.1) is 12.7 Å². The SMILES string of the molecule is Cc1nn(-c2cc(Cc3cc(F)cc(C(F)(F)F)c3)ccn2)c(OP(=O)(O)O)c1C(N)=O. The van der Waals surface area contributed by atoms with Gasteiger partial charge in [0.25, 0.3) is 5.91 Å². The molecule has 32 heavy (non-hydrogen) atoms. The molecule has 4 N–H and O–H groups in total. The average molecular weight is 474 g/mol. The third kappa shape index (κ3) is 5.31. The Morgan fingerprint density at radius 2 is 1.91 bits per heavy atom. The van der Waals surface area contributed by atoms with E-state index in [2.05, 4.69) is 14.6 Å². The van der Waals surface area contributed by atoms with Gasteiger partial charge in [0.1, 0.15) is 11.4 Å². The first-order valence-electron chi connectivity index (χ1n) is 8.71. The molecule has 0 radical (unpaired) electrons. The number of pyridine rings is 1. The molecule has 0 unspecified atom stereocenters. The number of carbonyl (C=O) groups excluding carboxylic acids is 1. The molecule has 1 aromatic carbocycles. The number of carbonyl (C=O) groups is 1. The predicted molar refractivity (Wildman–Crippen MR) is 101 cm³/mol. The van der Waals surface area contributed by atoms with E-state index in [1.807, 2.05) is 0 Å². The van der Waals surface area contributed by atoms with Gasteiger partial charge in [0.2, 0.25) is 5.88 Å². The fourth-order valence-electron chi connectivity index (χ4n) is 2.98. The van der Waals surface area contributed by atoms with E-state index in [1.54, 1.807) is 0 Å². The molecular formula is C18H15F4N4O5P. The zero-order valence-electron chi connectivity index (χ0n) is 16.2. The van der Waals surface area contributed by atoms with Crippen LogP contribution < -0.4 is 10.3 Å². The maximum atomic E-state index is 13.7. The minimum atomic E-state index is -5.13. The minimum Gasteiger partial charge on any atom is -0.385 e. The van der Waals surface area contributed by atoms with E-state index in [9.17, 15) is 36.7 Å². The molecule has 0 saturated carbocycles. The van der Waals surface area contributed by atoms with Gasteiger partial charge < -0.3 is 10.3 Å². The van der Waals surface area contributed by atoms with Crippen molar-refractivity contribution in [3.05, 3.63) is 70.3 Å². The first-order valence-corrected chi connectivity index (χ1v) is 10.2. The van der Waals surface area contributed by atoms with Gasteiger partial charge in [-0.15, -0.1) is 0 Å². The number of phosphoric acid groups is 1. The summed E-state index contributed by atoms with van der Waals surface area (Å²) in [5.41, 5.74) is 4.10. The Balaban J connectivity index is 2.04. The molecule has 0 bridgehead atoms. The van der Waals surface area contributed by atoms with E-state index in [1.165, 1.54) is 25.3 Å². The number of benzene rings is 1. The van der Waals surface area contributed by atoms with Crippen molar-refractivity contribution >= 4 is 13.7 Å². The fourth-order valence-corrected chi connectivity index (χ4v) is 3.37. The summed E-state index contributed by atoms with van der Waals surface area (Å²) in [6.07, 6.45) is -3.61. The van der Waals surface area contributed by atoms with Crippen molar-refractivity contribution in [1.82, 2.24) is 14.8 Å². The highest BCUT2D eigenvalue weighted by atomic mass is 31.2. The van der Waals surface area contributed by atoms with E-state index in [0.29, 0.717) is 11.6 Å². The summed E-state index contributed by atoms with van der Waals surface area (Å²) >= 11 is 0. The van der Waals surface area contributed by atoms with Gasteiger partial charge in [-0.05, 0) is 54.8 Å². The summed E-state index contributed by atoms with van der Waals surface area (Å²) in [7, 11) is -5.13. The summed E-state index contributed by atoms with van der Waals surface area (Å²) in [4.78, 5) is 34.1. The summed E-state index contributed by atoms with van der Waals surface area (Å²) in [5.74, 6) is -2.85. The lowest BCUT2D eigenvalue weighted by molar-refractivity contribution is -0.137. The Morgan fingerprint density at radius 1 is 1.22 bits per heavy atom. The van der Waals surface area contributed by atoms with Crippen molar-refractivity contribution in [1.29, 1.82) is 0 Å². The van der Waals surface area contributed by atoms with E-state index in [0.717, 1.165) is 16.8 Å². The number of hydrogen-bond acceptors (Lipinski definition) is 5. The first kappa shape index (κ1) is 23.4. The second-order valence-electron chi connectivity index (χ2n) is 6.67. The molecule has 2 heterocycles. The van der Waals surface area contributed by atoms with Crippen LogP contribution in [-0.4, -0.2) is 30.5 Å². The van der Waals surface area contributed by atoms with Crippen molar-refractivity contribution in [3.8, 4) is 11.7 Å². The molecule has 0 fully saturated rings. The lowest BCUT2D eigenvalue weighted by Crippen LogP contribution is -2.13. The summed E-state index contributed by atoms with van der Waals surface area (Å²) in [6, 6.07) is 4.89. The maximum absolute atomic E-state index is 13.7. The van der Waals surface area contributed by atoms with E-state index >= 15 is 0 Å². The number of alkyl halides is 3. The highest BCUT2D eigenvalue weighted by Crippen LogP contribution is 2.40. The van der Waals surface area contributed by atoms with Crippen molar-refractivity contribution in [2.24, 2.45) is 5.73 Å². The Morgan fingerprint density at radius 3 is 2.50 bits per heavy atom. The second kappa shape index (κ2) is 8.34. The van der Waals surface area contributed by atoms with Gasteiger partial charge >= 0.3 is 14.0 Å². The van der Waals surface area contributed by atoms with Crippen LogP contribution in [0.5, 0.6) is 5.88 Å². The summed E-state index contributed by atoms with van der Waals surface area (Å²) in [6.45, 7) is 1.35. The fraction of sp³-hybridized carbons (Fsp3) is 0.167. The molecule has 0 aliphatic heterocycles. The smallest absolute Gasteiger partial charge is 0.385 e. The average Bonchev–Trinajstić information content (AvgIpc) is 2.95. The second-order valence-corrected chi connectivity index (χ2v) is 7.83. The van der Waals surface area contributed by atoms with Crippen LogP contribution in [-0.2, 0) is 17.2 Å². The molecule has 14 heteroatoms. The number of nitrogens with zero attached hydrogens (tertiary/aromatic N) is 3. The first-order chi connectivity index (χ1) is 14.7. The molecule has 0 saturated heterocycles. The minimum absolute atomic E-state index is 0.00639. The number of amides is 1. The largest absolute Gasteiger partial charge is 0.526 e. The van der Waals surface area contributed by atoms with Crippen molar-refractivity contribution in [3.63, 3.8) is 0 Å². The number of phosphoric ester groups is 1. The van der Waals surface area contributed by atoms with E-state index in [4.69, 9.17) is 5.73 Å². The van der Waals surface area contributed by atoms with Gasteiger partial charge in [-0.25, -0.2) is 13.9 Å². The molecule has 2 aromatic heterocycles. The van der Waals surface area contributed by atoms with Crippen LogP contribution in [0.4, 0.5) is 17.6 Å². The van der Waals surface area contributed by atoms with Gasteiger partial charge in [0.05, 0.1) is 11.3 Å². The normalized spacial score (nSPS) is 12.1. The van der Waals surface area contributed by atoms with Crippen molar-refractivity contribution in [2.45, 2.75) is 19.5 Å². The molecule has 3 aromatic rings. The molecule has 0 spiro atoms. The van der Waals surface area contributed by atoms with E-state index in [-0.39, 0.29) is 29.1 Å². The number of aryl methyl sites for hydroxylation is 1. The Kier molecular flexibility index (Phi) is 6.09. The lowest BCUT2D eigenvalue weighted by Gasteiger charge is -2.12. The molecule has 170 valence electrons. The number of halogens is 4. The quantitative estimate of drug-likeness (QED) is 0.369. The monoisotopic (exact) mass is 474 g/mol. The number of rotatable bonds is 6. The van der Waals surface area contributed by atoms with E-state index < -0.39 is 37.2 Å². The summed E-state index contributed by atoms with van der Waals surface area (Å²) in [5, 5.41) is 3.97. The number of primary amides is 1. The topological polar surface area (TPSA) is 141 Å².